The van der Waals surface area contributed by atoms with E-state index in [0.717, 1.165) is 24.3 Å². The van der Waals surface area contributed by atoms with E-state index in [-0.39, 0.29) is 0 Å². The first-order chi connectivity index (χ1) is 8.83. The van der Waals surface area contributed by atoms with Crippen LogP contribution >= 0.6 is 0 Å². The molecule has 3 aliphatic carbocycles. The molecule has 3 fully saturated rings. The summed E-state index contributed by atoms with van der Waals surface area (Å²) in [4.78, 5) is 2.66. The summed E-state index contributed by atoms with van der Waals surface area (Å²) in [6.07, 6.45) is 8.05. The summed E-state index contributed by atoms with van der Waals surface area (Å²) in [7, 11) is 0. The molecule has 0 aliphatic heterocycles. The Hall–Kier alpha value is -0.970. The molecule has 3 saturated carbocycles. The van der Waals surface area contributed by atoms with Gasteiger partial charge in [-0.2, -0.15) is 0 Å². The predicted molar refractivity (Wildman–Crippen MR) is 66.8 cm³/mol. The van der Waals surface area contributed by atoms with Gasteiger partial charge in [0, 0.05) is 12.1 Å². The van der Waals surface area contributed by atoms with Crippen molar-refractivity contribution in [1.82, 2.24) is 25.1 Å². The highest BCUT2D eigenvalue weighted by atomic mass is 15.6. The third kappa shape index (κ3) is 2.05. The molecule has 3 aliphatic rings. The first kappa shape index (κ1) is 10.9. The van der Waals surface area contributed by atoms with Crippen LogP contribution in [0.3, 0.4) is 0 Å². The maximum absolute atomic E-state index is 4.25. The Bertz CT molecular complexity index is 430. The van der Waals surface area contributed by atoms with Crippen molar-refractivity contribution in [2.24, 2.45) is 5.92 Å². The summed E-state index contributed by atoms with van der Waals surface area (Å²) in [6, 6.07) is 2.10. The van der Waals surface area contributed by atoms with E-state index < -0.39 is 0 Å². The SMILES string of the molecule is C[C@H](C1CC1)N(Cc1nnnn1C1CC1)C1CC1. The van der Waals surface area contributed by atoms with Crippen molar-refractivity contribution in [2.75, 3.05) is 0 Å². The van der Waals surface area contributed by atoms with Gasteiger partial charge in [-0.05, 0) is 61.8 Å². The molecule has 0 aromatic carbocycles. The van der Waals surface area contributed by atoms with Gasteiger partial charge in [0.25, 0.3) is 0 Å². The maximum Gasteiger partial charge on any atom is 0.165 e. The molecule has 0 saturated heterocycles. The van der Waals surface area contributed by atoms with Gasteiger partial charge >= 0.3 is 0 Å². The van der Waals surface area contributed by atoms with E-state index in [9.17, 15) is 0 Å². The summed E-state index contributed by atoms with van der Waals surface area (Å²) in [5.41, 5.74) is 0. The Morgan fingerprint density at radius 1 is 1.22 bits per heavy atom. The van der Waals surface area contributed by atoms with E-state index in [0.29, 0.717) is 12.1 Å². The Labute approximate surface area is 108 Å². The molecule has 0 N–H and O–H groups in total. The van der Waals surface area contributed by atoms with Crippen LogP contribution in [-0.2, 0) is 6.54 Å². The normalized spacial score (nSPS) is 25.7. The lowest BCUT2D eigenvalue weighted by molar-refractivity contribution is 0.163. The Balaban J connectivity index is 1.51. The van der Waals surface area contributed by atoms with Gasteiger partial charge in [-0.25, -0.2) is 4.68 Å². The zero-order chi connectivity index (χ0) is 12.1. The van der Waals surface area contributed by atoms with Crippen LogP contribution in [0, 0.1) is 5.92 Å². The van der Waals surface area contributed by atoms with Gasteiger partial charge in [0.1, 0.15) is 0 Å². The van der Waals surface area contributed by atoms with E-state index in [2.05, 4.69) is 32.0 Å². The predicted octanol–water partition coefficient (Wildman–Crippen LogP) is 1.77. The van der Waals surface area contributed by atoms with Gasteiger partial charge in [-0.15, -0.1) is 5.10 Å². The van der Waals surface area contributed by atoms with Gasteiger partial charge in [0.05, 0.1) is 12.6 Å². The van der Waals surface area contributed by atoms with Crippen LogP contribution in [0.25, 0.3) is 0 Å². The first-order valence-electron chi connectivity index (χ1n) is 7.35. The minimum absolute atomic E-state index is 0.590. The number of rotatable bonds is 6. The van der Waals surface area contributed by atoms with Crippen LogP contribution in [0.2, 0.25) is 0 Å². The van der Waals surface area contributed by atoms with E-state index in [1.54, 1.807) is 0 Å². The zero-order valence-electron chi connectivity index (χ0n) is 11.0. The van der Waals surface area contributed by atoms with Crippen LogP contribution in [0.15, 0.2) is 0 Å². The number of aromatic nitrogens is 4. The van der Waals surface area contributed by atoms with Crippen molar-refractivity contribution in [3.8, 4) is 0 Å². The van der Waals surface area contributed by atoms with Gasteiger partial charge < -0.3 is 0 Å². The third-order valence-electron chi connectivity index (χ3n) is 4.62. The molecule has 1 heterocycles. The fourth-order valence-corrected chi connectivity index (χ4v) is 2.94. The monoisotopic (exact) mass is 247 g/mol. The topological polar surface area (TPSA) is 46.8 Å². The molecule has 0 spiro atoms. The third-order valence-corrected chi connectivity index (χ3v) is 4.62. The number of hydrogen-bond donors (Lipinski definition) is 0. The number of hydrogen-bond acceptors (Lipinski definition) is 4. The lowest BCUT2D eigenvalue weighted by atomic mass is 10.1. The van der Waals surface area contributed by atoms with E-state index in [4.69, 9.17) is 0 Å². The molecule has 5 heteroatoms. The van der Waals surface area contributed by atoms with Crippen LogP contribution in [-0.4, -0.2) is 37.2 Å². The van der Waals surface area contributed by atoms with Crippen LogP contribution < -0.4 is 0 Å². The van der Waals surface area contributed by atoms with Crippen molar-refractivity contribution in [3.63, 3.8) is 0 Å². The van der Waals surface area contributed by atoms with Gasteiger partial charge in [0.2, 0.25) is 0 Å². The van der Waals surface area contributed by atoms with Crippen molar-refractivity contribution in [1.29, 1.82) is 0 Å². The van der Waals surface area contributed by atoms with Crippen LogP contribution in [0.4, 0.5) is 0 Å². The highest BCUT2D eigenvalue weighted by Gasteiger charge is 2.40. The molecule has 1 aromatic rings. The van der Waals surface area contributed by atoms with Crippen molar-refractivity contribution < 1.29 is 0 Å². The van der Waals surface area contributed by atoms with E-state index in [1.165, 1.54) is 38.5 Å². The molecule has 0 amide bonds. The van der Waals surface area contributed by atoms with Crippen molar-refractivity contribution >= 4 is 0 Å². The van der Waals surface area contributed by atoms with E-state index in [1.807, 2.05) is 0 Å². The molecule has 98 valence electrons. The van der Waals surface area contributed by atoms with Crippen molar-refractivity contribution in [2.45, 2.75) is 70.1 Å². The zero-order valence-corrected chi connectivity index (χ0v) is 11.0. The average Bonchev–Trinajstić information content (AvgIpc) is 3.25. The highest BCUT2D eigenvalue weighted by Crippen LogP contribution is 2.41. The summed E-state index contributed by atoms with van der Waals surface area (Å²) in [5.74, 6) is 2.01. The average molecular weight is 247 g/mol. The number of nitrogens with zero attached hydrogens (tertiary/aromatic N) is 5. The minimum Gasteiger partial charge on any atom is -0.290 e. The van der Waals surface area contributed by atoms with Gasteiger partial charge in [-0.1, -0.05) is 0 Å². The standard InChI is InChI=1S/C13H21N5/c1-9(10-2-3-10)17(11-4-5-11)8-13-14-15-16-18(13)12-6-7-12/h9-12H,2-8H2,1H3/t9-/m1/s1. The second kappa shape index (κ2) is 4.02. The van der Waals surface area contributed by atoms with Crippen molar-refractivity contribution in [3.05, 3.63) is 5.82 Å². The summed E-state index contributed by atoms with van der Waals surface area (Å²) >= 11 is 0. The molecule has 0 unspecified atom stereocenters. The summed E-state index contributed by atoms with van der Waals surface area (Å²) < 4.78 is 2.06. The van der Waals surface area contributed by atoms with Gasteiger partial charge in [0.15, 0.2) is 5.82 Å². The summed E-state index contributed by atoms with van der Waals surface area (Å²) in [5, 5.41) is 12.3. The largest absolute Gasteiger partial charge is 0.290 e. The highest BCUT2D eigenvalue weighted by molar-refractivity contribution is 4.98. The molecule has 4 rings (SSSR count). The maximum atomic E-state index is 4.25. The molecule has 5 nitrogen and oxygen atoms in total. The van der Waals surface area contributed by atoms with Crippen LogP contribution in [0.5, 0.6) is 0 Å². The van der Waals surface area contributed by atoms with Gasteiger partial charge in [-0.3, -0.25) is 4.90 Å². The molecule has 0 radical (unpaired) electrons. The fraction of sp³-hybridized carbons (Fsp3) is 0.923. The van der Waals surface area contributed by atoms with Crippen LogP contribution in [0.1, 0.15) is 57.3 Å². The lowest BCUT2D eigenvalue weighted by Gasteiger charge is -2.28. The first-order valence-corrected chi connectivity index (χ1v) is 7.35. The quantitative estimate of drug-likeness (QED) is 0.768. The Kier molecular flexibility index (Phi) is 2.43. The Morgan fingerprint density at radius 3 is 2.61 bits per heavy atom. The smallest absolute Gasteiger partial charge is 0.165 e. The minimum atomic E-state index is 0.590. The molecule has 1 atom stereocenters. The molecule has 0 bridgehead atoms. The Morgan fingerprint density at radius 2 is 2.00 bits per heavy atom. The summed E-state index contributed by atoms with van der Waals surface area (Å²) in [6.45, 7) is 3.34. The molecular weight excluding hydrogens is 226 g/mol. The fourth-order valence-electron chi connectivity index (χ4n) is 2.94. The second-order valence-corrected chi connectivity index (χ2v) is 6.25. The lowest BCUT2D eigenvalue weighted by Crippen LogP contribution is -2.37. The molecular formula is C13H21N5. The molecule has 1 aromatic heterocycles. The number of tetrazole rings is 1. The van der Waals surface area contributed by atoms with E-state index >= 15 is 0 Å². The molecule has 18 heavy (non-hydrogen) atoms. The second-order valence-electron chi connectivity index (χ2n) is 6.25.